The van der Waals surface area contributed by atoms with Crippen LogP contribution in [0.25, 0.3) is 0 Å². The maximum absolute atomic E-state index is 10.7. The van der Waals surface area contributed by atoms with Gasteiger partial charge in [0.2, 0.25) is 0 Å². The van der Waals surface area contributed by atoms with Crippen molar-refractivity contribution in [2.45, 2.75) is 18.6 Å². The van der Waals surface area contributed by atoms with Crippen molar-refractivity contribution in [1.82, 2.24) is 5.32 Å². The molecule has 1 fully saturated rings. The van der Waals surface area contributed by atoms with Crippen LogP contribution in [0, 0.1) is 0 Å². The maximum atomic E-state index is 10.7. The van der Waals surface area contributed by atoms with E-state index in [2.05, 4.69) is 5.32 Å². The number of nitrogens with one attached hydrogen (secondary N) is 1. The number of hydrogen-bond acceptors (Lipinski definition) is 3. The second kappa shape index (κ2) is 5.43. The normalized spacial score (nSPS) is 23.8. The largest absolute Gasteiger partial charge is 0.360 e. The molecule has 4 heteroatoms. The van der Waals surface area contributed by atoms with Crippen molar-refractivity contribution in [2.24, 2.45) is 0 Å². The molecule has 0 bridgehead atoms. The third kappa shape index (κ3) is 2.26. The fraction of sp³-hybridized carbons (Fsp3) is 0.417. The molecule has 0 radical (unpaired) electrons. The number of benzene rings is 1. The molecule has 0 aliphatic carbocycles. The Labute approximate surface area is 102 Å². The van der Waals surface area contributed by atoms with Crippen LogP contribution < -0.4 is 5.32 Å². The molecule has 1 N–H and O–H groups in total. The SMILES string of the molecule is CO[C@@]1(c2cccc(C=O)c2)CCCN1.Cl. The van der Waals surface area contributed by atoms with Gasteiger partial charge in [-0.1, -0.05) is 18.2 Å². The lowest BCUT2D eigenvalue weighted by atomic mass is 9.99. The molecular weight excluding hydrogens is 226 g/mol. The monoisotopic (exact) mass is 241 g/mol. The molecule has 1 aromatic carbocycles. The van der Waals surface area contributed by atoms with E-state index in [1.54, 1.807) is 13.2 Å². The number of ether oxygens (including phenoxy) is 1. The van der Waals surface area contributed by atoms with Gasteiger partial charge in [0, 0.05) is 12.7 Å². The Balaban J connectivity index is 0.00000128. The molecule has 0 aromatic heterocycles. The van der Waals surface area contributed by atoms with Gasteiger partial charge in [0.25, 0.3) is 0 Å². The van der Waals surface area contributed by atoms with Gasteiger partial charge in [0.1, 0.15) is 12.0 Å². The second-order valence-electron chi connectivity index (χ2n) is 3.80. The van der Waals surface area contributed by atoms with E-state index in [9.17, 15) is 4.79 Å². The maximum Gasteiger partial charge on any atom is 0.150 e. The summed E-state index contributed by atoms with van der Waals surface area (Å²) in [7, 11) is 1.70. The van der Waals surface area contributed by atoms with E-state index < -0.39 is 0 Å². The smallest absolute Gasteiger partial charge is 0.150 e. The van der Waals surface area contributed by atoms with Crippen molar-refractivity contribution in [3.63, 3.8) is 0 Å². The van der Waals surface area contributed by atoms with Crippen molar-refractivity contribution in [3.8, 4) is 0 Å². The number of hydrogen-bond donors (Lipinski definition) is 1. The van der Waals surface area contributed by atoms with Gasteiger partial charge in [0.05, 0.1) is 0 Å². The standard InChI is InChI=1S/C12H15NO2.ClH/c1-15-12(6-3-7-13-12)11-5-2-4-10(8-11)9-14;/h2,4-5,8-9,13H,3,6-7H2,1H3;1H/t12-;/m1./s1. The van der Waals surface area contributed by atoms with Crippen molar-refractivity contribution in [1.29, 1.82) is 0 Å². The van der Waals surface area contributed by atoms with Crippen molar-refractivity contribution in [2.75, 3.05) is 13.7 Å². The highest BCUT2D eigenvalue weighted by molar-refractivity contribution is 5.85. The first kappa shape index (κ1) is 13.2. The Morgan fingerprint density at radius 1 is 1.50 bits per heavy atom. The number of aldehydes is 1. The highest BCUT2D eigenvalue weighted by Gasteiger charge is 2.35. The van der Waals surface area contributed by atoms with E-state index >= 15 is 0 Å². The number of rotatable bonds is 3. The van der Waals surface area contributed by atoms with Gasteiger partial charge >= 0.3 is 0 Å². The molecule has 3 nitrogen and oxygen atoms in total. The second-order valence-corrected chi connectivity index (χ2v) is 3.80. The molecule has 0 amide bonds. The van der Waals surface area contributed by atoms with Crippen LogP contribution in [0.3, 0.4) is 0 Å². The predicted molar refractivity (Wildman–Crippen MR) is 65.0 cm³/mol. The Morgan fingerprint density at radius 2 is 2.31 bits per heavy atom. The summed E-state index contributed by atoms with van der Waals surface area (Å²) in [6.07, 6.45) is 2.91. The average molecular weight is 242 g/mol. The third-order valence-corrected chi connectivity index (χ3v) is 2.95. The quantitative estimate of drug-likeness (QED) is 0.824. The molecule has 1 aliphatic rings. The summed E-state index contributed by atoms with van der Waals surface area (Å²) >= 11 is 0. The zero-order valence-electron chi connectivity index (χ0n) is 9.23. The minimum atomic E-state index is -0.390. The number of carbonyl (C=O) groups is 1. The first-order valence-corrected chi connectivity index (χ1v) is 5.17. The minimum Gasteiger partial charge on any atom is -0.360 e. The first-order chi connectivity index (χ1) is 7.30. The van der Waals surface area contributed by atoms with Gasteiger partial charge in [-0.15, -0.1) is 12.4 Å². The molecule has 1 aromatic rings. The highest BCUT2D eigenvalue weighted by Crippen LogP contribution is 2.31. The number of carbonyl (C=O) groups excluding carboxylic acids is 1. The van der Waals surface area contributed by atoms with E-state index in [4.69, 9.17) is 4.74 Å². The van der Waals surface area contributed by atoms with E-state index in [0.717, 1.165) is 31.2 Å². The van der Waals surface area contributed by atoms with E-state index in [-0.39, 0.29) is 18.1 Å². The van der Waals surface area contributed by atoms with Crippen molar-refractivity contribution >= 4 is 18.7 Å². The van der Waals surface area contributed by atoms with Crippen molar-refractivity contribution in [3.05, 3.63) is 35.4 Å². The van der Waals surface area contributed by atoms with Gasteiger partial charge in [0.15, 0.2) is 0 Å². The Bertz CT molecular complexity index is 362. The van der Waals surface area contributed by atoms with E-state index in [0.29, 0.717) is 5.56 Å². The van der Waals surface area contributed by atoms with Crippen LogP contribution in [0.1, 0.15) is 28.8 Å². The fourth-order valence-electron chi connectivity index (χ4n) is 2.12. The lowest BCUT2D eigenvalue weighted by molar-refractivity contribution is -0.0286. The van der Waals surface area contributed by atoms with Gasteiger partial charge in [-0.3, -0.25) is 10.1 Å². The first-order valence-electron chi connectivity index (χ1n) is 5.17. The molecule has 16 heavy (non-hydrogen) atoms. The van der Waals surface area contributed by atoms with E-state index in [1.165, 1.54) is 0 Å². The summed E-state index contributed by atoms with van der Waals surface area (Å²) in [5, 5.41) is 3.35. The zero-order valence-corrected chi connectivity index (χ0v) is 10.0. The summed E-state index contributed by atoms with van der Waals surface area (Å²) < 4.78 is 5.56. The molecule has 0 spiro atoms. The molecule has 0 saturated carbocycles. The average Bonchev–Trinajstić information content (AvgIpc) is 2.79. The van der Waals surface area contributed by atoms with Gasteiger partial charge < -0.3 is 4.74 Å². The van der Waals surface area contributed by atoms with Crippen LogP contribution >= 0.6 is 12.4 Å². The van der Waals surface area contributed by atoms with Gasteiger partial charge in [-0.2, -0.15) is 0 Å². The summed E-state index contributed by atoms with van der Waals surface area (Å²) in [6.45, 7) is 0.957. The number of halogens is 1. The highest BCUT2D eigenvalue weighted by atomic mass is 35.5. The van der Waals surface area contributed by atoms with Crippen LogP contribution in [0.5, 0.6) is 0 Å². The predicted octanol–water partition coefficient (Wildman–Crippen LogP) is 2.10. The fourth-order valence-corrected chi connectivity index (χ4v) is 2.12. The molecule has 2 rings (SSSR count). The molecule has 1 heterocycles. The van der Waals surface area contributed by atoms with Crippen LogP contribution in [0.2, 0.25) is 0 Å². The summed E-state index contributed by atoms with van der Waals surface area (Å²) in [5.41, 5.74) is 1.34. The molecule has 0 unspecified atom stereocenters. The minimum absolute atomic E-state index is 0. The van der Waals surface area contributed by atoms with Crippen LogP contribution in [-0.4, -0.2) is 19.9 Å². The Kier molecular flexibility index (Phi) is 4.47. The lowest BCUT2D eigenvalue weighted by Gasteiger charge is -2.28. The van der Waals surface area contributed by atoms with Crippen molar-refractivity contribution < 1.29 is 9.53 Å². The van der Waals surface area contributed by atoms with E-state index in [1.807, 2.05) is 18.2 Å². The van der Waals surface area contributed by atoms with Gasteiger partial charge in [-0.05, 0) is 31.0 Å². The molecule has 1 atom stereocenters. The topological polar surface area (TPSA) is 38.3 Å². The number of methoxy groups -OCH3 is 1. The third-order valence-electron chi connectivity index (χ3n) is 2.95. The lowest BCUT2D eigenvalue weighted by Crippen LogP contribution is -2.38. The molecule has 1 saturated heterocycles. The van der Waals surface area contributed by atoms with Crippen LogP contribution in [-0.2, 0) is 10.5 Å². The summed E-state index contributed by atoms with van der Waals surface area (Å²) in [5.74, 6) is 0. The molecular formula is C12H16ClNO2. The summed E-state index contributed by atoms with van der Waals surface area (Å²) in [4.78, 5) is 10.7. The molecule has 1 aliphatic heterocycles. The molecule has 88 valence electrons. The van der Waals surface area contributed by atoms with Gasteiger partial charge in [-0.25, -0.2) is 0 Å². The Morgan fingerprint density at radius 3 is 2.88 bits per heavy atom. The Hall–Kier alpha value is -0.900. The zero-order chi connectivity index (χ0) is 10.7. The van der Waals surface area contributed by atoms with Crippen LogP contribution in [0.15, 0.2) is 24.3 Å². The summed E-state index contributed by atoms with van der Waals surface area (Å²) in [6, 6.07) is 7.57. The van der Waals surface area contributed by atoms with Crippen LogP contribution in [0.4, 0.5) is 0 Å².